The zero-order chi connectivity index (χ0) is 23.4. The van der Waals surface area contributed by atoms with E-state index in [1.54, 1.807) is 36.4 Å². The molecule has 4 rings (SSSR count). The Bertz CT molecular complexity index is 1080. The number of benzene rings is 2. The van der Waals surface area contributed by atoms with E-state index in [1.165, 1.54) is 10.4 Å². The summed E-state index contributed by atoms with van der Waals surface area (Å²) in [6.07, 6.45) is 2.95. The van der Waals surface area contributed by atoms with E-state index in [9.17, 15) is 17.6 Å². The highest BCUT2D eigenvalue weighted by Crippen LogP contribution is 2.28. The number of nitrogens with zero attached hydrogens (tertiary/aromatic N) is 2. The van der Waals surface area contributed by atoms with Gasteiger partial charge in [-0.15, -0.1) is 0 Å². The highest BCUT2D eigenvalue weighted by atomic mass is 32.2. The van der Waals surface area contributed by atoms with Crippen LogP contribution in [0.3, 0.4) is 0 Å². The van der Waals surface area contributed by atoms with Gasteiger partial charge in [0.2, 0.25) is 15.9 Å². The Labute approximate surface area is 194 Å². The Balaban J connectivity index is 1.33. The quantitative estimate of drug-likeness (QED) is 0.658. The maximum atomic E-state index is 14.5. The van der Waals surface area contributed by atoms with Crippen LogP contribution >= 0.6 is 0 Å². The first-order valence-corrected chi connectivity index (χ1v) is 12.9. The first kappa shape index (κ1) is 23.5. The number of nitrogens with one attached hydrogen (secondary N) is 1. The number of carbonyl (C=O) groups is 1. The lowest BCUT2D eigenvalue weighted by atomic mass is 9.97. The Kier molecular flexibility index (Phi) is 7.19. The van der Waals surface area contributed by atoms with Gasteiger partial charge >= 0.3 is 0 Å². The minimum atomic E-state index is -3.63. The molecular formula is C24H30FN3O4S. The lowest BCUT2D eigenvalue weighted by molar-refractivity contribution is -0.120. The van der Waals surface area contributed by atoms with Gasteiger partial charge in [0.25, 0.3) is 0 Å². The summed E-state index contributed by atoms with van der Waals surface area (Å²) >= 11 is 0. The molecule has 178 valence electrons. The van der Waals surface area contributed by atoms with Crippen molar-refractivity contribution in [1.29, 1.82) is 0 Å². The van der Waals surface area contributed by atoms with Crippen molar-refractivity contribution in [3.05, 3.63) is 48.3 Å². The molecule has 0 bridgehead atoms. The summed E-state index contributed by atoms with van der Waals surface area (Å²) in [6.45, 7) is 4.59. The average Bonchev–Trinajstić information content (AvgIpc) is 3.34. The lowest BCUT2D eigenvalue weighted by Gasteiger charge is -2.30. The van der Waals surface area contributed by atoms with Crippen molar-refractivity contribution in [2.45, 2.75) is 37.5 Å². The number of piperidine rings is 1. The number of anilines is 2. The summed E-state index contributed by atoms with van der Waals surface area (Å²) in [5, 5.41) is 2.79. The molecule has 7 nitrogen and oxygen atoms in total. The van der Waals surface area contributed by atoms with E-state index in [0.29, 0.717) is 36.6 Å². The molecule has 2 aromatic rings. The third-order valence-electron chi connectivity index (χ3n) is 6.26. The van der Waals surface area contributed by atoms with Gasteiger partial charge in [-0.2, -0.15) is 4.31 Å². The summed E-state index contributed by atoms with van der Waals surface area (Å²) in [6, 6.07) is 11.2. The molecule has 0 aliphatic carbocycles. The molecular weight excluding hydrogens is 445 g/mol. The van der Waals surface area contributed by atoms with E-state index in [0.717, 1.165) is 25.9 Å². The molecule has 0 saturated carbocycles. The number of amides is 1. The van der Waals surface area contributed by atoms with Gasteiger partial charge in [-0.3, -0.25) is 4.79 Å². The predicted octanol–water partition coefficient (Wildman–Crippen LogP) is 3.86. The zero-order valence-electron chi connectivity index (χ0n) is 18.8. The maximum absolute atomic E-state index is 14.5. The van der Waals surface area contributed by atoms with Gasteiger partial charge in [0.15, 0.2) is 0 Å². The Hall–Kier alpha value is -2.65. The van der Waals surface area contributed by atoms with Crippen molar-refractivity contribution >= 4 is 27.3 Å². The largest absolute Gasteiger partial charge is 0.494 e. The maximum Gasteiger partial charge on any atom is 0.243 e. The lowest BCUT2D eigenvalue weighted by Crippen LogP contribution is -2.41. The number of carbonyl (C=O) groups excluding carboxylic acids is 1. The number of rotatable bonds is 7. The van der Waals surface area contributed by atoms with E-state index in [2.05, 4.69) is 5.32 Å². The van der Waals surface area contributed by atoms with Crippen LogP contribution in [0, 0.1) is 11.7 Å². The second kappa shape index (κ2) is 10.1. The van der Waals surface area contributed by atoms with Gasteiger partial charge in [0.1, 0.15) is 11.6 Å². The van der Waals surface area contributed by atoms with Gasteiger partial charge in [0, 0.05) is 37.8 Å². The molecule has 0 atom stereocenters. The summed E-state index contributed by atoms with van der Waals surface area (Å²) < 4.78 is 47.2. The molecule has 33 heavy (non-hydrogen) atoms. The van der Waals surface area contributed by atoms with Gasteiger partial charge < -0.3 is 15.0 Å². The summed E-state index contributed by atoms with van der Waals surface area (Å²) in [4.78, 5) is 14.9. The Morgan fingerprint density at radius 3 is 2.33 bits per heavy atom. The van der Waals surface area contributed by atoms with Crippen LogP contribution in [0.5, 0.6) is 5.75 Å². The molecule has 2 aromatic carbocycles. The number of sulfonamides is 1. The molecule has 2 fully saturated rings. The SMILES string of the molecule is CCOc1ccc(S(=O)(=O)N2CCC(C(=O)Nc3ccc(N4CCCC4)c(F)c3)CC2)cc1. The topological polar surface area (TPSA) is 79.0 Å². The summed E-state index contributed by atoms with van der Waals surface area (Å²) in [5.41, 5.74) is 0.989. The molecule has 0 unspecified atom stereocenters. The van der Waals surface area contributed by atoms with Crippen molar-refractivity contribution in [3.8, 4) is 5.75 Å². The monoisotopic (exact) mass is 475 g/mol. The normalized spacial score (nSPS) is 17.8. The van der Waals surface area contributed by atoms with Crippen LogP contribution in [0.1, 0.15) is 32.6 Å². The van der Waals surface area contributed by atoms with Crippen LogP contribution in [0.4, 0.5) is 15.8 Å². The molecule has 2 saturated heterocycles. The molecule has 0 spiro atoms. The third-order valence-corrected chi connectivity index (χ3v) is 8.17. The standard InChI is InChI=1S/C24H30FN3O4S/c1-2-32-20-6-8-21(9-7-20)33(30,31)28-15-11-18(12-16-28)24(29)26-19-5-10-23(22(25)17-19)27-13-3-4-14-27/h5-10,17-18H,2-4,11-16H2,1H3,(H,26,29). The number of halogens is 1. The van der Waals surface area contributed by atoms with E-state index in [1.807, 2.05) is 11.8 Å². The van der Waals surface area contributed by atoms with Crippen LogP contribution in [0.15, 0.2) is 47.4 Å². The smallest absolute Gasteiger partial charge is 0.243 e. The minimum absolute atomic E-state index is 0.207. The average molecular weight is 476 g/mol. The zero-order valence-corrected chi connectivity index (χ0v) is 19.6. The number of ether oxygens (including phenoxy) is 1. The van der Waals surface area contributed by atoms with Crippen molar-refractivity contribution < 1.29 is 22.3 Å². The second-order valence-corrected chi connectivity index (χ2v) is 10.4. The molecule has 2 aliphatic rings. The highest BCUT2D eigenvalue weighted by Gasteiger charge is 2.32. The minimum Gasteiger partial charge on any atom is -0.494 e. The van der Waals surface area contributed by atoms with E-state index in [4.69, 9.17) is 4.74 Å². The van der Waals surface area contributed by atoms with Gasteiger partial charge in [-0.1, -0.05) is 0 Å². The molecule has 0 radical (unpaired) electrons. The molecule has 2 heterocycles. The van der Waals surface area contributed by atoms with E-state index >= 15 is 0 Å². The van der Waals surface area contributed by atoms with Crippen LogP contribution < -0.4 is 15.0 Å². The van der Waals surface area contributed by atoms with Crippen LogP contribution in [-0.2, 0) is 14.8 Å². The number of hydrogen-bond acceptors (Lipinski definition) is 5. The van der Waals surface area contributed by atoms with Crippen LogP contribution in [-0.4, -0.2) is 51.4 Å². The third kappa shape index (κ3) is 5.30. The molecule has 1 N–H and O–H groups in total. The predicted molar refractivity (Wildman–Crippen MR) is 126 cm³/mol. The Morgan fingerprint density at radius 1 is 1.06 bits per heavy atom. The first-order valence-electron chi connectivity index (χ1n) is 11.5. The summed E-state index contributed by atoms with van der Waals surface area (Å²) in [7, 11) is -3.63. The van der Waals surface area contributed by atoms with Crippen molar-refractivity contribution in [2.24, 2.45) is 5.92 Å². The van der Waals surface area contributed by atoms with Crippen LogP contribution in [0.2, 0.25) is 0 Å². The van der Waals surface area contributed by atoms with Crippen LogP contribution in [0.25, 0.3) is 0 Å². The van der Waals surface area contributed by atoms with E-state index < -0.39 is 10.0 Å². The fourth-order valence-corrected chi connectivity index (χ4v) is 5.90. The fourth-order valence-electron chi connectivity index (χ4n) is 4.43. The summed E-state index contributed by atoms with van der Waals surface area (Å²) in [5.74, 6) is -0.248. The number of hydrogen-bond donors (Lipinski definition) is 1. The van der Waals surface area contributed by atoms with Crippen molar-refractivity contribution in [3.63, 3.8) is 0 Å². The molecule has 0 aromatic heterocycles. The second-order valence-electron chi connectivity index (χ2n) is 8.43. The van der Waals surface area contributed by atoms with Gasteiger partial charge in [-0.05, 0) is 75.1 Å². The first-order chi connectivity index (χ1) is 15.9. The van der Waals surface area contributed by atoms with Gasteiger partial charge in [-0.25, -0.2) is 12.8 Å². The van der Waals surface area contributed by atoms with Crippen molar-refractivity contribution in [1.82, 2.24) is 4.31 Å². The van der Waals surface area contributed by atoms with Gasteiger partial charge in [0.05, 0.1) is 17.2 Å². The highest BCUT2D eigenvalue weighted by molar-refractivity contribution is 7.89. The molecule has 9 heteroatoms. The molecule has 2 aliphatic heterocycles. The Morgan fingerprint density at radius 2 is 1.73 bits per heavy atom. The van der Waals surface area contributed by atoms with Crippen molar-refractivity contribution in [2.75, 3.05) is 43.0 Å². The molecule has 1 amide bonds. The fraction of sp³-hybridized carbons (Fsp3) is 0.458. The van der Waals surface area contributed by atoms with E-state index in [-0.39, 0.29) is 35.6 Å².